The highest BCUT2D eigenvalue weighted by Crippen LogP contribution is 2.26. The molecule has 0 aliphatic heterocycles. The second-order valence-electron chi connectivity index (χ2n) is 7.92. The van der Waals surface area contributed by atoms with Gasteiger partial charge >= 0.3 is 0 Å². The number of nitrogens with one attached hydrogen (secondary N) is 3. The molecule has 0 spiro atoms. The van der Waals surface area contributed by atoms with Gasteiger partial charge in [0, 0.05) is 21.8 Å². The highest BCUT2D eigenvalue weighted by molar-refractivity contribution is 7.80. The molecule has 0 fully saturated rings. The van der Waals surface area contributed by atoms with Crippen molar-refractivity contribution in [1.29, 1.82) is 0 Å². The van der Waals surface area contributed by atoms with E-state index in [-0.39, 0.29) is 11.0 Å². The number of benzene rings is 3. The number of fused-ring (bicyclic) bond motifs is 1. The van der Waals surface area contributed by atoms with Gasteiger partial charge in [-0.25, -0.2) is 4.98 Å². The summed E-state index contributed by atoms with van der Waals surface area (Å²) in [4.78, 5) is 20.4. The van der Waals surface area contributed by atoms with Crippen molar-refractivity contribution in [2.24, 2.45) is 0 Å². The molecule has 1 heterocycles. The number of carbonyl (C=O) groups excluding carboxylic acids is 1. The first-order valence-electron chi connectivity index (χ1n) is 11.0. The minimum Gasteiger partial charge on any atom is -0.494 e. The second kappa shape index (κ2) is 10.7. The van der Waals surface area contributed by atoms with Crippen molar-refractivity contribution in [3.8, 4) is 17.1 Å². The van der Waals surface area contributed by atoms with Crippen molar-refractivity contribution < 1.29 is 9.53 Å². The van der Waals surface area contributed by atoms with E-state index < -0.39 is 0 Å². The summed E-state index contributed by atoms with van der Waals surface area (Å²) in [6.07, 6.45) is 2.07. The molecule has 3 N–H and O–H groups in total. The first-order chi connectivity index (χ1) is 16.4. The number of nitrogens with zero attached hydrogens (tertiary/aromatic N) is 1. The van der Waals surface area contributed by atoms with E-state index in [1.165, 1.54) is 0 Å². The van der Waals surface area contributed by atoms with Crippen LogP contribution in [0.5, 0.6) is 5.75 Å². The van der Waals surface area contributed by atoms with Gasteiger partial charge in [-0.2, -0.15) is 0 Å². The highest BCUT2D eigenvalue weighted by Gasteiger charge is 2.10. The molecule has 0 unspecified atom stereocenters. The number of unbranched alkanes of at least 4 members (excludes halogenated alkanes) is 1. The molecule has 3 aromatic carbocycles. The van der Waals surface area contributed by atoms with Gasteiger partial charge in [-0.3, -0.25) is 10.1 Å². The number of amides is 1. The first-order valence-corrected chi connectivity index (χ1v) is 11.8. The number of halogens is 1. The number of H-pyrrole nitrogens is 1. The average molecular weight is 493 g/mol. The Labute approximate surface area is 208 Å². The molecule has 0 bridgehead atoms. The fourth-order valence-corrected chi connectivity index (χ4v) is 3.73. The molecule has 8 heteroatoms. The van der Waals surface area contributed by atoms with E-state index in [1.54, 1.807) is 24.3 Å². The van der Waals surface area contributed by atoms with Crippen molar-refractivity contribution in [3.63, 3.8) is 0 Å². The Hall–Kier alpha value is -3.42. The molecule has 0 atom stereocenters. The van der Waals surface area contributed by atoms with E-state index in [1.807, 2.05) is 43.3 Å². The van der Waals surface area contributed by atoms with Crippen molar-refractivity contribution in [2.75, 3.05) is 11.9 Å². The molecular formula is C26H25ClN4O2S. The van der Waals surface area contributed by atoms with Crippen LogP contribution in [0.2, 0.25) is 5.02 Å². The third kappa shape index (κ3) is 5.73. The molecule has 1 amide bonds. The summed E-state index contributed by atoms with van der Waals surface area (Å²) in [5.41, 5.74) is 4.93. The molecule has 4 rings (SSSR count). The van der Waals surface area contributed by atoms with E-state index >= 15 is 0 Å². The second-order valence-corrected chi connectivity index (χ2v) is 8.73. The molecule has 0 radical (unpaired) electrons. The Morgan fingerprint density at radius 2 is 1.85 bits per heavy atom. The maximum Gasteiger partial charge on any atom is 0.257 e. The number of carbonyl (C=O) groups is 1. The molecule has 0 aliphatic rings. The smallest absolute Gasteiger partial charge is 0.257 e. The zero-order valence-corrected chi connectivity index (χ0v) is 20.5. The predicted molar refractivity (Wildman–Crippen MR) is 142 cm³/mol. The van der Waals surface area contributed by atoms with Gasteiger partial charge in [-0.1, -0.05) is 24.9 Å². The number of rotatable bonds is 7. The van der Waals surface area contributed by atoms with Gasteiger partial charge < -0.3 is 15.0 Å². The Morgan fingerprint density at radius 3 is 2.56 bits per heavy atom. The number of aromatic nitrogens is 2. The van der Waals surface area contributed by atoms with Gasteiger partial charge in [-0.05, 0) is 91.8 Å². The molecule has 4 aromatic rings. The standard InChI is InChI=1S/C26H25ClN4O2S/c1-3-4-13-33-20-11-7-18(8-12-20)25(32)31-26(34)28-19-9-5-17(6-10-19)24-29-22-14-16(2)21(27)15-23(22)30-24/h5-12,14-15H,3-4,13H2,1-2H3,(H,29,30)(H2,28,31,32,34). The summed E-state index contributed by atoms with van der Waals surface area (Å²) in [7, 11) is 0. The maximum absolute atomic E-state index is 12.5. The SMILES string of the molecule is CCCCOc1ccc(C(=O)NC(=S)Nc2ccc(-c3nc4cc(Cl)c(C)cc4[nH]3)cc2)cc1. The van der Waals surface area contributed by atoms with Crippen LogP contribution < -0.4 is 15.4 Å². The van der Waals surface area contributed by atoms with Crippen LogP contribution in [0.1, 0.15) is 35.7 Å². The van der Waals surface area contributed by atoms with E-state index in [0.29, 0.717) is 17.2 Å². The lowest BCUT2D eigenvalue weighted by molar-refractivity contribution is 0.0977. The molecule has 0 saturated carbocycles. The van der Waals surface area contributed by atoms with Gasteiger partial charge in [0.25, 0.3) is 5.91 Å². The van der Waals surface area contributed by atoms with Crippen LogP contribution in [0.3, 0.4) is 0 Å². The highest BCUT2D eigenvalue weighted by atomic mass is 35.5. The zero-order chi connectivity index (χ0) is 24.1. The van der Waals surface area contributed by atoms with E-state index in [4.69, 9.17) is 28.6 Å². The van der Waals surface area contributed by atoms with Crippen LogP contribution in [0.25, 0.3) is 22.4 Å². The third-order valence-electron chi connectivity index (χ3n) is 5.29. The third-order valence-corrected chi connectivity index (χ3v) is 5.90. The number of imidazole rings is 1. The number of hydrogen-bond donors (Lipinski definition) is 3. The van der Waals surface area contributed by atoms with Crippen LogP contribution >= 0.6 is 23.8 Å². The summed E-state index contributed by atoms with van der Waals surface area (Å²) in [5, 5.41) is 6.64. The number of aromatic amines is 1. The van der Waals surface area contributed by atoms with Crippen molar-refractivity contribution in [2.45, 2.75) is 26.7 Å². The van der Waals surface area contributed by atoms with Gasteiger partial charge in [-0.15, -0.1) is 0 Å². The topological polar surface area (TPSA) is 79.0 Å². The Balaban J connectivity index is 1.35. The predicted octanol–water partition coefficient (Wildman–Crippen LogP) is 6.50. The van der Waals surface area contributed by atoms with E-state index in [9.17, 15) is 4.79 Å². The lowest BCUT2D eigenvalue weighted by Crippen LogP contribution is -2.34. The lowest BCUT2D eigenvalue weighted by atomic mass is 10.2. The molecular weight excluding hydrogens is 468 g/mol. The van der Waals surface area contributed by atoms with Gasteiger partial charge in [0.05, 0.1) is 17.6 Å². The molecule has 174 valence electrons. The van der Waals surface area contributed by atoms with Gasteiger partial charge in [0.15, 0.2) is 5.11 Å². The fourth-order valence-electron chi connectivity index (χ4n) is 3.36. The molecule has 6 nitrogen and oxygen atoms in total. The molecule has 0 aliphatic carbocycles. The monoisotopic (exact) mass is 492 g/mol. The molecule has 0 saturated heterocycles. The maximum atomic E-state index is 12.5. The fraction of sp³-hybridized carbons (Fsp3) is 0.192. The van der Waals surface area contributed by atoms with E-state index in [0.717, 1.165) is 52.3 Å². The number of aryl methyl sites for hydroxylation is 1. The quantitative estimate of drug-likeness (QED) is 0.203. The first kappa shape index (κ1) is 23.7. The van der Waals surface area contributed by atoms with Crippen LogP contribution in [0.4, 0.5) is 5.69 Å². The van der Waals surface area contributed by atoms with Gasteiger partial charge in [0.1, 0.15) is 11.6 Å². The van der Waals surface area contributed by atoms with Crippen molar-refractivity contribution in [1.82, 2.24) is 15.3 Å². The minimum atomic E-state index is -0.287. The normalized spacial score (nSPS) is 10.8. The lowest BCUT2D eigenvalue weighted by Gasteiger charge is -2.10. The summed E-state index contributed by atoms with van der Waals surface area (Å²) in [5.74, 6) is 1.21. The van der Waals surface area contributed by atoms with Gasteiger partial charge in [0.2, 0.25) is 0 Å². The van der Waals surface area contributed by atoms with Crippen LogP contribution in [-0.4, -0.2) is 27.6 Å². The van der Waals surface area contributed by atoms with Crippen LogP contribution in [-0.2, 0) is 0 Å². The Morgan fingerprint density at radius 1 is 1.12 bits per heavy atom. The van der Waals surface area contributed by atoms with Crippen LogP contribution in [0.15, 0.2) is 60.7 Å². The number of ether oxygens (including phenoxy) is 1. The Kier molecular flexibility index (Phi) is 7.45. The summed E-state index contributed by atoms with van der Waals surface area (Å²) < 4.78 is 5.63. The van der Waals surface area contributed by atoms with E-state index in [2.05, 4.69) is 27.5 Å². The summed E-state index contributed by atoms with van der Waals surface area (Å²) >= 11 is 11.5. The average Bonchev–Trinajstić information content (AvgIpc) is 3.23. The summed E-state index contributed by atoms with van der Waals surface area (Å²) in [6.45, 7) is 4.74. The molecule has 34 heavy (non-hydrogen) atoms. The number of thiocarbonyl (C=S) groups is 1. The van der Waals surface area contributed by atoms with Crippen molar-refractivity contribution in [3.05, 3.63) is 76.8 Å². The largest absolute Gasteiger partial charge is 0.494 e. The zero-order valence-electron chi connectivity index (χ0n) is 18.9. The minimum absolute atomic E-state index is 0.217. The Bertz CT molecular complexity index is 1280. The van der Waals surface area contributed by atoms with Crippen molar-refractivity contribution >= 4 is 51.6 Å². The number of anilines is 1. The molecule has 1 aromatic heterocycles. The van der Waals surface area contributed by atoms with Crippen LogP contribution in [0, 0.1) is 6.92 Å². The summed E-state index contributed by atoms with van der Waals surface area (Å²) in [6, 6.07) is 18.5. The number of hydrogen-bond acceptors (Lipinski definition) is 4.